The van der Waals surface area contributed by atoms with Gasteiger partial charge >= 0.3 is 0 Å². The summed E-state index contributed by atoms with van der Waals surface area (Å²) in [6.07, 6.45) is 6.38. The van der Waals surface area contributed by atoms with Gasteiger partial charge in [0.15, 0.2) is 0 Å². The lowest BCUT2D eigenvalue weighted by atomic mass is 10.0. The van der Waals surface area contributed by atoms with Crippen LogP contribution in [0.1, 0.15) is 21.5 Å². The van der Waals surface area contributed by atoms with E-state index in [2.05, 4.69) is 10.4 Å². The highest BCUT2D eigenvalue weighted by Gasteiger charge is 2.13. The second-order valence-electron chi connectivity index (χ2n) is 5.76. The van der Waals surface area contributed by atoms with E-state index in [1.165, 1.54) is 12.5 Å². The highest BCUT2D eigenvalue weighted by atomic mass is 16.3. The van der Waals surface area contributed by atoms with Gasteiger partial charge < -0.3 is 15.5 Å². The minimum absolute atomic E-state index is 0.230. The first-order valence-electron chi connectivity index (χ1n) is 7.87. The number of anilines is 2. The summed E-state index contributed by atoms with van der Waals surface area (Å²) in [5.41, 5.74) is 9.72. The van der Waals surface area contributed by atoms with Crippen LogP contribution in [-0.2, 0) is 0 Å². The number of benzene rings is 1. The summed E-state index contributed by atoms with van der Waals surface area (Å²) in [7, 11) is 0. The van der Waals surface area contributed by atoms with Crippen molar-refractivity contribution in [3.8, 4) is 0 Å². The predicted molar refractivity (Wildman–Crippen MR) is 98.6 cm³/mol. The van der Waals surface area contributed by atoms with Crippen LogP contribution in [0, 0.1) is 5.41 Å². The molecule has 3 aromatic heterocycles. The molecular weight excluding hydrogens is 330 g/mol. The first kappa shape index (κ1) is 15.6. The van der Waals surface area contributed by atoms with Gasteiger partial charge in [0.05, 0.1) is 23.8 Å². The Labute approximate surface area is 148 Å². The summed E-state index contributed by atoms with van der Waals surface area (Å²) in [6, 6.07) is 12.0. The van der Waals surface area contributed by atoms with Crippen molar-refractivity contribution in [2.75, 3.05) is 11.1 Å². The van der Waals surface area contributed by atoms with Gasteiger partial charge in [-0.25, -0.2) is 4.52 Å². The number of pyridine rings is 1. The van der Waals surface area contributed by atoms with E-state index >= 15 is 0 Å². The number of nitrogens with one attached hydrogen (secondary N) is 2. The lowest BCUT2D eigenvalue weighted by Gasteiger charge is -2.10. The minimum atomic E-state index is -0.251. The number of aromatic nitrogens is 2. The molecule has 4 N–H and O–H groups in total. The van der Waals surface area contributed by atoms with Crippen LogP contribution in [0.5, 0.6) is 0 Å². The molecule has 7 heteroatoms. The van der Waals surface area contributed by atoms with Crippen LogP contribution in [0.4, 0.5) is 11.4 Å². The molecule has 0 radical (unpaired) electrons. The number of nitrogens with zero attached hydrogens (tertiary/aromatic N) is 2. The van der Waals surface area contributed by atoms with Crippen LogP contribution in [0.25, 0.3) is 5.52 Å². The molecule has 0 aliphatic carbocycles. The van der Waals surface area contributed by atoms with E-state index in [0.717, 1.165) is 5.52 Å². The first-order chi connectivity index (χ1) is 12.6. The van der Waals surface area contributed by atoms with Gasteiger partial charge in [-0.1, -0.05) is 0 Å². The van der Waals surface area contributed by atoms with Crippen LogP contribution >= 0.6 is 0 Å². The van der Waals surface area contributed by atoms with Gasteiger partial charge in [-0.05, 0) is 42.5 Å². The Balaban J connectivity index is 1.60. The fourth-order valence-corrected chi connectivity index (χ4v) is 2.68. The van der Waals surface area contributed by atoms with Crippen LogP contribution in [0.15, 0.2) is 71.8 Å². The molecule has 26 heavy (non-hydrogen) atoms. The van der Waals surface area contributed by atoms with Crippen molar-refractivity contribution in [3.63, 3.8) is 0 Å². The molecule has 0 saturated carbocycles. The molecule has 0 aliphatic heterocycles. The summed E-state index contributed by atoms with van der Waals surface area (Å²) in [5.74, 6) is -0.251. The molecule has 7 nitrogen and oxygen atoms in total. The Kier molecular flexibility index (Phi) is 3.74. The van der Waals surface area contributed by atoms with Crippen molar-refractivity contribution < 1.29 is 9.21 Å². The molecule has 1 aromatic carbocycles. The molecule has 0 bridgehead atoms. The number of furan rings is 1. The Hall–Kier alpha value is -3.87. The van der Waals surface area contributed by atoms with Gasteiger partial charge in [0.25, 0.3) is 5.91 Å². The second kappa shape index (κ2) is 6.21. The maximum atomic E-state index is 12.5. The van der Waals surface area contributed by atoms with Crippen molar-refractivity contribution in [2.24, 2.45) is 0 Å². The average Bonchev–Trinajstić information content (AvgIpc) is 3.33. The topological polar surface area (TPSA) is 109 Å². The van der Waals surface area contributed by atoms with Gasteiger partial charge in [0.1, 0.15) is 0 Å². The molecular formula is C19H15N5O2. The van der Waals surface area contributed by atoms with E-state index in [0.29, 0.717) is 28.1 Å². The number of nitrogens with two attached hydrogens (primary N) is 1. The molecule has 4 rings (SSSR count). The number of carbonyl (C=O) groups is 1. The molecule has 0 spiro atoms. The van der Waals surface area contributed by atoms with Crippen molar-refractivity contribution in [2.45, 2.75) is 0 Å². The zero-order chi connectivity index (χ0) is 18.1. The SMILES string of the molecule is N=C(c1ccoc1)c1cc(NC(=O)c2ccn3nccc3c2)ccc1N. The molecule has 0 atom stereocenters. The Morgan fingerprint density at radius 1 is 1.15 bits per heavy atom. The first-order valence-corrected chi connectivity index (χ1v) is 7.87. The van der Waals surface area contributed by atoms with Crippen molar-refractivity contribution in [1.29, 1.82) is 5.41 Å². The van der Waals surface area contributed by atoms with Gasteiger partial charge in [-0.15, -0.1) is 0 Å². The number of carbonyl (C=O) groups excluding carboxylic acids is 1. The lowest BCUT2D eigenvalue weighted by molar-refractivity contribution is 0.102. The highest BCUT2D eigenvalue weighted by Crippen LogP contribution is 2.22. The lowest BCUT2D eigenvalue weighted by Crippen LogP contribution is -2.13. The highest BCUT2D eigenvalue weighted by molar-refractivity contribution is 6.14. The van der Waals surface area contributed by atoms with E-state index in [-0.39, 0.29) is 11.6 Å². The van der Waals surface area contributed by atoms with E-state index in [4.69, 9.17) is 15.6 Å². The van der Waals surface area contributed by atoms with Crippen molar-refractivity contribution >= 4 is 28.5 Å². The van der Waals surface area contributed by atoms with E-state index in [9.17, 15) is 4.79 Å². The average molecular weight is 345 g/mol. The summed E-state index contributed by atoms with van der Waals surface area (Å²) >= 11 is 0. The fraction of sp³-hybridized carbons (Fsp3) is 0. The molecule has 0 saturated heterocycles. The summed E-state index contributed by atoms with van der Waals surface area (Å²) in [6.45, 7) is 0. The minimum Gasteiger partial charge on any atom is -0.472 e. The Morgan fingerprint density at radius 2 is 2.04 bits per heavy atom. The third-order valence-electron chi connectivity index (χ3n) is 4.05. The summed E-state index contributed by atoms with van der Waals surface area (Å²) in [5, 5.41) is 15.2. The maximum Gasteiger partial charge on any atom is 0.255 e. The van der Waals surface area contributed by atoms with E-state index in [1.54, 1.807) is 53.3 Å². The standard InChI is InChI=1S/C19H15N5O2/c20-17-2-1-14(10-16(17)18(21)13-5-8-26-11-13)23-19(25)12-4-7-24-15(9-12)3-6-22-24/h1-11,21H,20H2,(H,23,25). The number of rotatable bonds is 4. The molecule has 0 fully saturated rings. The smallest absolute Gasteiger partial charge is 0.255 e. The second-order valence-corrected chi connectivity index (χ2v) is 5.76. The van der Waals surface area contributed by atoms with Crippen molar-refractivity contribution in [1.82, 2.24) is 9.61 Å². The normalized spacial score (nSPS) is 10.8. The largest absolute Gasteiger partial charge is 0.472 e. The molecule has 128 valence electrons. The zero-order valence-electron chi connectivity index (χ0n) is 13.6. The number of hydrogen-bond acceptors (Lipinski definition) is 5. The van der Waals surface area contributed by atoms with E-state index in [1.807, 2.05) is 6.07 Å². The van der Waals surface area contributed by atoms with Gasteiger partial charge in [0.2, 0.25) is 0 Å². The molecule has 0 aliphatic rings. The van der Waals surface area contributed by atoms with Crippen LogP contribution in [0.3, 0.4) is 0 Å². The quantitative estimate of drug-likeness (QED) is 0.390. The summed E-state index contributed by atoms with van der Waals surface area (Å²) < 4.78 is 6.70. The third-order valence-corrected chi connectivity index (χ3v) is 4.05. The molecule has 0 unspecified atom stereocenters. The van der Waals surface area contributed by atoms with Gasteiger partial charge in [-0.3, -0.25) is 10.2 Å². The third kappa shape index (κ3) is 2.82. The fourth-order valence-electron chi connectivity index (χ4n) is 2.68. The Bertz CT molecular complexity index is 1110. The van der Waals surface area contributed by atoms with E-state index < -0.39 is 0 Å². The molecule has 1 amide bonds. The van der Waals surface area contributed by atoms with Crippen molar-refractivity contribution in [3.05, 3.63) is 84.1 Å². The van der Waals surface area contributed by atoms with Crippen LogP contribution in [-0.4, -0.2) is 21.2 Å². The van der Waals surface area contributed by atoms with Gasteiger partial charge in [0, 0.05) is 40.5 Å². The number of fused-ring (bicyclic) bond motifs is 1. The number of nitrogen functional groups attached to an aromatic ring is 1. The zero-order valence-corrected chi connectivity index (χ0v) is 13.6. The maximum absolute atomic E-state index is 12.5. The van der Waals surface area contributed by atoms with Crippen LogP contribution < -0.4 is 11.1 Å². The van der Waals surface area contributed by atoms with Crippen LogP contribution in [0.2, 0.25) is 0 Å². The number of hydrogen-bond donors (Lipinski definition) is 3. The molecule has 4 aromatic rings. The predicted octanol–water partition coefficient (Wildman–Crippen LogP) is 3.18. The summed E-state index contributed by atoms with van der Waals surface area (Å²) in [4.78, 5) is 12.5. The molecule has 3 heterocycles. The Morgan fingerprint density at radius 3 is 2.85 bits per heavy atom. The van der Waals surface area contributed by atoms with Gasteiger partial charge in [-0.2, -0.15) is 5.10 Å². The monoisotopic (exact) mass is 345 g/mol. The number of amides is 1.